The standard InChI is InChI=1S/C11H12Br2FNO2/c12-4-6-17-7-5-15-11(16)10-8(13)2-1-3-9(10)14/h1-3H,4-7H2,(H,15,16). The monoisotopic (exact) mass is 367 g/mol. The van der Waals surface area contributed by atoms with Crippen molar-refractivity contribution in [3.05, 3.63) is 34.1 Å². The van der Waals surface area contributed by atoms with Crippen LogP contribution >= 0.6 is 31.9 Å². The zero-order chi connectivity index (χ0) is 12.7. The summed E-state index contributed by atoms with van der Waals surface area (Å²) in [4.78, 5) is 11.7. The largest absolute Gasteiger partial charge is 0.379 e. The molecule has 94 valence electrons. The van der Waals surface area contributed by atoms with Gasteiger partial charge in [-0.1, -0.05) is 22.0 Å². The maximum absolute atomic E-state index is 13.4. The second-order valence-corrected chi connectivity index (χ2v) is 4.80. The van der Waals surface area contributed by atoms with Crippen molar-refractivity contribution in [1.29, 1.82) is 0 Å². The van der Waals surface area contributed by atoms with Gasteiger partial charge in [0.15, 0.2) is 0 Å². The van der Waals surface area contributed by atoms with Crippen LogP contribution in [-0.2, 0) is 4.74 Å². The lowest BCUT2D eigenvalue weighted by Crippen LogP contribution is -2.28. The molecule has 0 saturated carbocycles. The van der Waals surface area contributed by atoms with E-state index in [1.165, 1.54) is 12.1 Å². The van der Waals surface area contributed by atoms with Crippen LogP contribution < -0.4 is 5.32 Å². The number of carbonyl (C=O) groups excluding carboxylic acids is 1. The van der Waals surface area contributed by atoms with Crippen LogP contribution in [-0.4, -0.2) is 31.0 Å². The molecule has 0 spiro atoms. The van der Waals surface area contributed by atoms with E-state index in [1.807, 2.05) is 0 Å². The Morgan fingerprint density at radius 1 is 1.41 bits per heavy atom. The molecule has 0 fully saturated rings. The molecule has 0 heterocycles. The van der Waals surface area contributed by atoms with Crippen molar-refractivity contribution in [2.24, 2.45) is 0 Å². The van der Waals surface area contributed by atoms with E-state index in [2.05, 4.69) is 37.2 Å². The Bertz CT molecular complexity index is 367. The van der Waals surface area contributed by atoms with Gasteiger partial charge in [0.2, 0.25) is 0 Å². The van der Waals surface area contributed by atoms with Crippen molar-refractivity contribution in [1.82, 2.24) is 5.32 Å². The third-order valence-electron chi connectivity index (χ3n) is 1.94. The van der Waals surface area contributed by atoms with E-state index in [0.717, 1.165) is 5.33 Å². The quantitative estimate of drug-likeness (QED) is 0.619. The molecule has 1 N–H and O–H groups in total. The van der Waals surface area contributed by atoms with Gasteiger partial charge in [-0.05, 0) is 28.1 Å². The van der Waals surface area contributed by atoms with Crippen LogP contribution in [0.4, 0.5) is 4.39 Å². The van der Waals surface area contributed by atoms with Gasteiger partial charge in [-0.2, -0.15) is 0 Å². The second-order valence-electron chi connectivity index (χ2n) is 3.15. The van der Waals surface area contributed by atoms with E-state index in [1.54, 1.807) is 6.07 Å². The fourth-order valence-electron chi connectivity index (χ4n) is 1.20. The van der Waals surface area contributed by atoms with Crippen molar-refractivity contribution < 1.29 is 13.9 Å². The molecule has 3 nitrogen and oxygen atoms in total. The number of rotatable bonds is 6. The maximum Gasteiger partial charge on any atom is 0.255 e. The molecule has 1 aromatic rings. The molecule has 0 radical (unpaired) electrons. The number of ether oxygens (including phenoxy) is 1. The Labute approximate surface area is 116 Å². The fourth-order valence-corrected chi connectivity index (χ4v) is 1.95. The summed E-state index contributed by atoms with van der Waals surface area (Å²) in [5, 5.41) is 3.34. The normalized spacial score (nSPS) is 10.3. The van der Waals surface area contributed by atoms with Crippen LogP contribution in [0.15, 0.2) is 22.7 Å². The third kappa shape index (κ3) is 4.73. The summed E-state index contributed by atoms with van der Waals surface area (Å²) in [7, 11) is 0. The van der Waals surface area contributed by atoms with Crippen LogP contribution in [0.1, 0.15) is 10.4 Å². The Morgan fingerprint density at radius 3 is 2.82 bits per heavy atom. The van der Waals surface area contributed by atoms with E-state index in [9.17, 15) is 9.18 Å². The summed E-state index contributed by atoms with van der Waals surface area (Å²) >= 11 is 6.36. The Hall–Kier alpha value is -0.460. The number of hydrogen-bond donors (Lipinski definition) is 1. The number of halogens is 3. The molecule has 1 amide bonds. The number of amides is 1. The lowest BCUT2D eigenvalue weighted by atomic mass is 10.2. The molecule has 0 aliphatic heterocycles. The number of nitrogens with one attached hydrogen (secondary N) is 1. The van der Waals surface area contributed by atoms with Crippen LogP contribution in [0.2, 0.25) is 0 Å². The molecule has 0 aliphatic rings. The summed E-state index contributed by atoms with van der Waals surface area (Å²) in [5.74, 6) is -0.990. The van der Waals surface area contributed by atoms with Gasteiger partial charge in [-0.15, -0.1) is 0 Å². The first kappa shape index (κ1) is 14.6. The minimum absolute atomic E-state index is 0.0213. The molecule has 0 saturated heterocycles. The van der Waals surface area contributed by atoms with E-state index in [0.29, 0.717) is 24.2 Å². The van der Waals surface area contributed by atoms with E-state index < -0.39 is 11.7 Å². The van der Waals surface area contributed by atoms with Gasteiger partial charge in [0.25, 0.3) is 5.91 Å². The van der Waals surface area contributed by atoms with Gasteiger partial charge < -0.3 is 10.1 Å². The van der Waals surface area contributed by atoms with Crippen molar-refractivity contribution in [3.8, 4) is 0 Å². The predicted molar refractivity (Wildman–Crippen MR) is 71.0 cm³/mol. The van der Waals surface area contributed by atoms with Crippen LogP contribution in [0, 0.1) is 5.82 Å². The maximum atomic E-state index is 13.4. The van der Waals surface area contributed by atoms with Crippen LogP contribution in [0.5, 0.6) is 0 Å². The third-order valence-corrected chi connectivity index (χ3v) is 2.93. The number of alkyl halides is 1. The number of hydrogen-bond acceptors (Lipinski definition) is 2. The van der Waals surface area contributed by atoms with E-state index in [-0.39, 0.29) is 5.56 Å². The summed E-state index contributed by atoms with van der Waals surface area (Å²) in [6.45, 7) is 1.34. The Balaban J connectivity index is 2.47. The molecule has 17 heavy (non-hydrogen) atoms. The average Bonchev–Trinajstić information content (AvgIpc) is 2.28. The first-order chi connectivity index (χ1) is 8.16. The van der Waals surface area contributed by atoms with Crippen molar-refractivity contribution >= 4 is 37.8 Å². The highest BCUT2D eigenvalue weighted by atomic mass is 79.9. The molecule has 0 aliphatic carbocycles. The second kappa shape index (κ2) is 7.79. The summed E-state index contributed by atoms with van der Waals surface area (Å²) in [6.07, 6.45) is 0. The van der Waals surface area contributed by atoms with Gasteiger partial charge in [0, 0.05) is 16.3 Å². The van der Waals surface area contributed by atoms with Gasteiger partial charge in [-0.3, -0.25) is 4.79 Å². The lowest BCUT2D eigenvalue weighted by Gasteiger charge is -2.07. The highest BCUT2D eigenvalue weighted by Gasteiger charge is 2.14. The zero-order valence-corrected chi connectivity index (χ0v) is 12.2. The fraction of sp³-hybridized carbons (Fsp3) is 0.364. The number of carbonyl (C=O) groups is 1. The van der Waals surface area contributed by atoms with Gasteiger partial charge >= 0.3 is 0 Å². The van der Waals surface area contributed by atoms with Crippen molar-refractivity contribution in [2.45, 2.75) is 0 Å². The smallest absolute Gasteiger partial charge is 0.255 e. The lowest BCUT2D eigenvalue weighted by molar-refractivity contribution is 0.0919. The molecule has 1 rings (SSSR count). The Morgan fingerprint density at radius 2 is 2.18 bits per heavy atom. The first-order valence-corrected chi connectivity index (χ1v) is 6.94. The van der Waals surface area contributed by atoms with E-state index in [4.69, 9.17) is 4.74 Å². The highest BCUT2D eigenvalue weighted by molar-refractivity contribution is 9.10. The van der Waals surface area contributed by atoms with Crippen LogP contribution in [0.25, 0.3) is 0 Å². The summed E-state index contributed by atoms with van der Waals surface area (Å²) in [5.41, 5.74) is 0.0213. The number of benzene rings is 1. The molecule has 0 unspecified atom stereocenters. The molecule has 0 bridgehead atoms. The zero-order valence-electron chi connectivity index (χ0n) is 9.01. The summed E-state index contributed by atoms with van der Waals surface area (Å²) in [6, 6.07) is 4.41. The predicted octanol–water partition coefficient (Wildman–Crippen LogP) is 2.73. The molecule has 0 aromatic heterocycles. The Kier molecular flexibility index (Phi) is 6.69. The molecular formula is C11H12Br2FNO2. The molecule has 1 aromatic carbocycles. The average molecular weight is 369 g/mol. The van der Waals surface area contributed by atoms with Gasteiger partial charge in [0.05, 0.1) is 18.8 Å². The molecular weight excluding hydrogens is 357 g/mol. The molecule has 0 atom stereocenters. The van der Waals surface area contributed by atoms with E-state index >= 15 is 0 Å². The van der Waals surface area contributed by atoms with Crippen molar-refractivity contribution in [3.63, 3.8) is 0 Å². The highest BCUT2D eigenvalue weighted by Crippen LogP contribution is 2.19. The van der Waals surface area contributed by atoms with Crippen molar-refractivity contribution in [2.75, 3.05) is 25.1 Å². The minimum Gasteiger partial charge on any atom is -0.379 e. The minimum atomic E-state index is -0.543. The van der Waals surface area contributed by atoms with Gasteiger partial charge in [-0.25, -0.2) is 4.39 Å². The topological polar surface area (TPSA) is 38.3 Å². The summed E-state index contributed by atoms with van der Waals surface area (Å²) < 4.78 is 19.0. The van der Waals surface area contributed by atoms with Gasteiger partial charge in [0.1, 0.15) is 5.82 Å². The van der Waals surface area contributed by atoms with Crippen LogP contribution in [0.3, 0.4) is 0 Å². The first-order valence-electron chi connectivity index (χ1n) is 5.02. The molecule has 6 heteroatoms. The SMILES string of the molecule is O=C(NCCOCCBr)c1c(F)cccc1Br.